The van der Waals surface area contributed by atoms with Gasteiger partial charge in [0.2, 0.25) is 11.8 Å². The third-order valence-electron chi connectivity index (χ3n) is 3.96. The van der Waals surface area contributed by atoms with Gasteiger partial charge >= 0.3 is 0 Å². The Morgan fingerprint density at radius 2 is 2.27 bits per heavy atom. The number of fused-ring (bicyclic) bond motifs is 1. The summed E-state index contributed by atoms with van der Waals surface area (Å²) in [4.78, 5) is 32.1. The van der Waals surface area contributed by atoms with Crippen LogP contribution >= 0.6 is 22.9 Å². The number of nitrogens with zero attached hydrogens (tertiary/aromatic N) is 3. The van der Waals surface area contributed by atoms with Gasteiger partial charge in [0.1, 0.15) is 0 Å². The van der Waals surface area contributed by atoms with E-state index >= 15 is 0 Å². The quantitative estimate of drug-likeness (QED) is 0.846. The number of aromatic nitrogens is 1. The standard InChI is InChI=1S/C15H16ClN3O2S/c1-18-6-5-9(7-13(18)20)14(21)19(2)15-17-11-8-10(16)3-4-12(11)22-15/h3-4,8-9H,5-7H2,1-2H3. The predicted molar refractivity (Wildman–Crippen MR) is 88.4 cm³/mol. The highest BCUT2D eigenvalue weighted by atomic mass is 35.5. The van der Waals surface area contributed by atoms with E-state index in [9.17, 15) is 9.59 Å². The van der Waals surface area contributed by atoms with Crippen LogP contribution in [0.5, 0.6) is 0 Å². The third-order valence-corrected chi connectivity index (χ3v) is 5.31. The van der Waals surface area contributed by atoms with Gasteiger partial charge in [-0.1, -0.05) is 22.9 Å². The first-order chi connectivity index (χ1) is 10.5. The molecule has 0 radical (unpaired) electrons. The molecule has 1 aromatic carbocycles. The van der Waals surface area contributed by atoms with Crippen LogP contribution in [0.3, 0.4) is 0 Å². The molecular formula is C15H16ClN3O2S. The number of anilines is 1. The molecule has 2 heterocycles. The van der Waals surface area contributed by atoms with Crippen LogP contribution < -0.4 is 4.90 Å². The van der Waals surface area contributed by atoms with Crippen LogP contribution in [0.15, 0.2) is 18.2 Å². The largest absolute Gasteiger partial charge is 0.346 e. The molecule has 0 aliphatic carbocycles. The molecule has 116 valence electrons. The number of carbonyl (C=O) groups excluding carboxylic acids is 2. The normalized spacial score (nSPS) is 18.8. The number of piperidine rings is 1. The van der Waals surface area contributed by atoms with Gasteiger partial charge in [-0.2, -0.15) is 0 Å². The van der Waals surface area contributed by atoms with Crippen molar-refractivity contribution in [1.82, 2.24) is 9.88 Å². The first-order valence-electron chi connectivity index (χ1n) is 7.03. The number of carbonyl (C=O) groups is 2. The molecule has 1 saturated heterocycles. The SMILES string of the molecule is CN1CCC(C(=O)N(C)c2nc3cc(Cl)ccc3s2)CC1=O. The predicted octanol–water partition coefficient (Wildman–Crippen LogP) is 2.78. The van der Waals surface area contributed by atoms with E-state index < -0.39 is 0 Å². The second-order valence-electron chi connectivity index (χ2n) is 5.51. The molecule has 0 N–H and O–H groups in total. The monoisotopic (exact) mass is 337 g/mol. The van der Waals surface area contributed by atoms with Crippen LogP contribution in [0.25, 0.3) is 10.2 Å². The molecule has 0 spiro atoms. The van der Waals surface area contributed by atoms with Crippen molar-refractivity contribution in [2.24, 2.45) is 5.92 Å². The summed E-state index contributed by atoms with van der Waals surface area (Å²) in [6.07, 6.45) is 0.971. The summed E-state index contributed by atoms with van der Waals surface area (Å²) in [5.41, 5.74) is 0.784. The van der Waals surface area contributed by atoms with Gasteiger partial charge in [0, 0.05) is 38.0 Å². The Labute approximate surface area is 137 Å². The van der Waals surface area contributed by atoms with Crippen LogP contribution in [-0.4, -0.2) is 42.3 Å². The Morgan fingerprint density at radius 1 is 1.50 bits per heavy atom. The highest BCUT2D eigenvalue weighted by Crippen LogP contribution is 2.31. The topological polar surface area (TPSA) is 53.5 Å². The van der Waals surface area contributed by atoms with Gasteiger partial charge in [0.05, 0.1) is 10.2 Å². The smallest absolute Gasteiger partial charge is 0.232 e. The highest BCUT2D eigenvalue weighted by Gasteiger charge is 2.31. The van der Waals surface area contributed by atoms with E-state index in [1.54, 1.807) is 30.0 Å². The minimum atomic E-state index is -0.260. The molecule has 3 rings (SSSR count). The summed E-state index contributed by atoms with van der Waals surface area (Å²) in [5, 5.41) is 1.26. The molecule has 1 atom stereocenters. The second kappa shape index (κ2) is 5.85. The van der Waals surface area contributed by atoms with Gasteiger partial charge in [-0.15, -0.1) is 0 Å². The van der Waals surface area contributed by atoms with E-state index in [1.807, 2.05) is 12.1 Å². The fraction of sp³-hybridized carbons (Fsp3) is 0.400. The maximum atomic E-state index is 12.6. The van der Waals surface area contributed by atoms with Crippen LogP contribution in [0.4, 0.5) is 5.13 Å². The van der Waals surface area contributed by atoms with E-state index in [0.29, 0.717) is 23.1 Å². The Morgan fingerprint density at radius 3 is 3.00 bits per heavy atom. The molecule has 0 saturated carbocycles. The molecule has 1 aliphatic rings. The molecule has 2 aromatic rings. The number of halogens is 1. The van der Waals surface area contributed by atoms with E-state index in [-0.39, 0.29) is 24.2 Å². The number of hydrogen-bond acceptors (Lipinski definition) is 4. The number of likely N-dealkylation sites (tertiary alicyclic amines) is 1. The summed E-state index contributed by atoms with van der Waals surface area (Å²) < 4.78 is 0.985. The molecule has 5 nitrogen and oxygen atoms in total. The van der Waals surface area contributed by atoms with Crippen molar-refractivity contribution in [3.8, 4) is 0 Å². The van der Waals surface area contributed by atoms with Crippen LogP contribution in [0.2, 0.25) is 5.02 Å². The first kappa shape index (κ1) is 15.2. The van der Waals surface area contributed by atoms with Gasteiger partial charge < -0.3 is 4.90 Å². The summed E-state index contributed by atoms with van der Waals surface area (Å²) >= 11 is 7.41. The zero-order valence-electron chi connectivity index (χ0n) is 12.4. The summed E-state index contributed by atoms with van der Waals surface area (Å²) in [5.74, 6) is -0.287. The molecule has 7 heteroatoms. The fourth-order valence-corrected chi connectivity index (χ4v) is 3.63. The van der Waals surface area contributed by atoms with Gasteiger partial charge in [-0.25, -0.2) is 4.98 Å². The zero-order chi connectivity index (χ0) is 15.9. The lowest BCUT2D eigenvalue weighted by atomic mass is 9.95. The maximum absolute atomic E-state index is 12.6. The van der Waals surface area contributed by atoms with Gasteiger partial charge in [0.15, 0.2) is 5.13 Å². The highest BCUT2D eigenvalue weighted by molar-refractivity contribution is 7.22. The fourth-order valence-electron chi connectivity index (χ4n) is 2.55. The number of hydrogen-bond donors (Lipinski definition) is 0. The van der Waals surface area contributed by atoms with Crippen molar-refractivity contribution in [2.75, 3.05) is 25.5 Å². The molecular weight excluding hydrogens is 322 g/mol. The van der Waals surface area contributed by atoms with Crippen molar-refractivity contribution in [2.45, 2.75) is 12.8 Å². The Kier molecular flexibility index (Phi) is 4.06. The van der Waals surface area contributed by atoms with E-state index in [4.69, 9.17) is 11.6 Å². The van der Waals surface area contributed by atoms with E-state index in [2.05, 4.69) is 4.98 Å². The molecule has 1 aromatic heterocycles. The maximum Gasteiger partial charge on any atom is 0.232 e. The number of benzene rings is 1. The van der Waals surface area contributed by atoms with Crippen LogP contribution in [0, 0.1) is 5.92 Å². The van der Waals surface area contributed by atoms with Crippen molar-refractivity contribution >= 4 is 50.1 Å². The molecule has 1 aliphatic heterocycles. The molecule has 0 bridgehead atoms. The van der Waals surface area contributed by atoms with Crippen molar-refractivity contribution in [1.29, 1.82) is 0 Å². The van der Waals surface area contributed by atoms with Crippen molar-refractivity contribution in [3.05, 3.63) is 23.2 Å². The summed E-state index contributed by atoms with van der Waals surface area (Å²) in [6, 6.07) is 5.49. The summed E-state index contributed by atoms with van der Waals surface area (Å²) in [7, 11) is 3.48. The Balaban J connectivity index is 1.81. The lowest BCUT2D eigenvalue weighted by Gasteiger charge is -2.29. The lowest BCUT2D eigenvalue weighted by Crippen LogP contribution is -2.42. The van der Waals surface area contributed by atoms with Gasteiger partial charge in [-0.05, 0) is 24.6 Å². The molecule has 1 unspecified atom stereocenters. The number of amides is 2. The van der Waals surface area contributed by atoms with Crippen molar-refractivity contribution in [3.63, 3.8) is 0 Å². The van der Waals surface area contributed by atoms with Gasteiger partial charge in [-0.3, -0.25) is 14.5 Å². The Hall–Kier alpha value is -1.66. The third kappa shape index (κ3) is 2.80. The van der Waals surface area contributed by atoms with E-state index in [1.165, 1.54) is 11.3 Å². The molecule has 2 amide bonds. The average Bonchev–Trinajstić information content (AvgIpc) is 2.91. The minimum Gasteiger partial charge on any atom is -0.346 e. The second-order valence-corrected chi connectivity index (χ2v) is 6.96. The lowest BCUT2D eigenvalue weighted by molar-refractivity contribution is -0.138. The van der Waals surface area contributed by atoms with Crippen LogP contribution in [-0.2, 0) is 9.59 Å². The number of thiazole rings is 1. The zero-order valence-corrected chi connectivity index (χ0v) is 13.9. The molecule has 22 heavy (non-hydrogen) atoms. The average molecular weight is 338 g/mol. The van der Waals surface area contributed by atoms with Gasteiger partial charge in [0.25, 0.3) is 0 Å². The van der Waals surface area contributed by atoms with Crippen molar-refractivity contribution < 1.29 is 9.59 Å². The van der Waals surface area contributed by atoms with Crippen LogP contribution in [0.1, 0.15) is 12.8 Å². The summed E-state index contributed by atoms with van der Waals surface area (Å²) in [6.45, 7) is 0.624. The van der Waals surface area contributed by atoms with E-state index in [0.717, 1.165) is 10.2 Å². The molecule has 1 fully saturated rings. The Bertz CT molecular complexity index is 745. The minimum absolute atomic E-state index is 0.0223. The number of rotatable bonds is 2. The first-order valence-corrected chi connectivity index (χ1v) is 8.23.